The van der Waals surface area contributed by atoms with Crippen molar-refractivity contribution in [3.05, 3.63) is 132 Å². The van der Waals surface area contributed by atoms with Crippen molar-refractivity contribution in [3.8, 4) is 11.6 Å². The number of carbonyl (C=O) groups is 1. The molecule has 1 aliphatic rings. The van der Waals surface area contributed by atoms with E-state index in [-0.39, 0.29) is 33.4 Å². The number of amides is 1. The van der Waals surface area contributed by atoms with E-state index in [9.17, 15) is 19.5 Å². The van der Waals surface area contributed by atoms with Crippen molar-refractivity contribution in [1.29, 1.82) is 0 Å². The van der Waals surface area contributed by atoms with Gasteiger partial charge in [-0.25, -0.2) is 4.85 Å². The average molecular weight is 504 g/mol. The van der Waals surface area contributed by atoms with Crippen molar-refractivity contribution in [1.82, 2.24) is 9.55 Å². The van der Waals surface area contributed by atoms with Gasteiger partial charge in [-0.2, -0.15) is 5.01 Å². The minimum Gasteiger partial charge on any atom is -0.502 e. The van der Waals surface area contributed by atoms with Crippen LogP contribution in [-0.2, 0) is 0 Å². The number of allylic oxidation sites excluding steroid dienone is 1. The van der Waals surface area contributed by atoms with Crippen LogP contribution in [0.4, 0.5) is 11.4 Å². The number of aromatic hydroxyl groups is 1. The van der Waals surface area contributed by atoms with Gasteiger partial charge in [0.15, 0.2) is 5.49 Å². The Kier molecular flexibility index (Phi) is 6.07. The van der Waals surface area contributed by atoms with E-state index < -0.39 is 17.0 Å². The van der Waals surface area contributed by atoms with Crippen LogP contribution < -0.4 is 26.8 Å². The van der Waals surface area contributed by atoms with E-state index in [2.05, 4.69) is 14.9 Å². The minimum absolute atomic E-state index is 0.0483. The number of fused-ring (bicyclic) bond motifs is 1. The second-order valence-corrected chi connectivity index (χ2v) is 8.59. The highest BCUT2D eigenvalue weighted by Gasteiger charge is 2.28. The lowest BCUT2D eigenvalue weighted by atomic mass is 10.1. The molecular weight excluding hydrogens is 482 g/mol. The van der Waals surface area contributed by atoms with Crippen LogP contribution in [0.3, 0.4) is 0 Å². The number of carbonyl (C=O) groups excluding carboxylic acids is 1. The molecule has 38 heavy (non-hydrogen) atoms. The first-order valence-corrected chi connectivity index (χ1v) is 11.6. The third-order valence-electron chi connectivity index (χ3n) is 6.37. The third kappa shape index (κ3) is 3.90. The molecule has 0 bridgehead atoms. The molecule has 0 saturated heterocycles. The van der Waals surface area contributed by atoms with Crippen LogP contribution in [0.15, 0.2) is 81.4 Å². The number of pyridine rings is 2. The van der Waals surface area contributed by atoms with Crippen molar-refractivity contribution >= 4 is 29.4 Å². The molecule has 0 saturated carbocycles. The number of aromatic amines is 1. The van der Waals surface area contributed by atoms with E-state index in [0.717, 1.165) is 4.57 Å². The van der Waals surface area contributed by atoms with Crippen molar-refractivity contribution in [3.63, 3.8) is 0 Å². The molecule has 4 aromatic rings. The number of hydrogen-bond donors (Lipinski definition) is 2. The maximum atomic E-state index is 13.3. The minimum atomic E-state index is -0.518. The fourth-order valence-corrected chi connectivity index (χ4v) is 4.42. The summed E-state index contributed by atoms with van der Waals surface area (Å²) in [5.74, 6) is -0.800. The second-order valence-electron chi connectivity index (χ2n) is 8.59. The number of aromatic nitrogens is 2. The van der Waals surface area contributed by atoms with Crippen LogP contribution >= 0.6 is 0 Å². The van der Waals surface area contributed by atoms with Gasteiger partial charge in [0, 0.05) is 10.8 Å². The molecule has 2 N–H and O–H groups in total. The SMILES string of the molecule is [C-]#[N+]c1c(C)c(C=CC=c2c(C)c3c([nH]c2=O)=NN(c2ccccc2)C3=O)c(=O)n(-c2ccccc2)c1O. The van der Waals surface area contributed by atoms with Crippen LogP contribution in [0.1, 0.15) is 27.0 Å². The van der Waals surface area contributed by atoms with Gasteiger partial charge in [0.25, 0.3) is 17.0 Å². The van der Waals surface area contributed by atoms with Gasteiger partial charge in [0.1, 0.15) is 0 Å². The lowest BCUT2D eigenvalue weighted by Gasteiger charge is -2.14. The summed E-state index contributed by atoms with van der Waals surface area (Å²) in [7, 11) is 0. The summed E-state index contributed by atoms with van der Waals surface area (Å²) in [6.45, 7) is 10.8. The Morgan fingerprint density at radius 1 is 0.947 bits per heavy atom. The number of para-hydroxylation sites is 2. The number of H-pyrrole nitrogens is 1. The molecule has 1 aliphatic heterocycles. The van der Waals surface area contributed by atoms with E-state index in [0.29, 0.717) is 22.5 Å². The molecule has 0 spiro atoms. The maximum absolute atomic E-state index is 13.3. The number of anilines is 1. The lowest BCUT2D eigenvalue weighted by molar-refractivity contribution is 0.0994. The third-order valence-corrected chi connectivity index (χ3v) is 6.37. The summed E-state index contributed by atoms with van der Waals surface area (Å²) in [5.41, 5.74) is 1.40. The zero-order valence-electron chi connectivity index (χ0n) is 20.5. The Morgan fingerprint density at radius 2 is 1.58 bits per heavy atom. The van der Waals surface area contributed by atoms with Crippen LogP contribution in [0.2, 0.25) is 0 Å². The van der Waals surface area contributed by atoms with Gasteiger partial charge >= 0.3 is 0 Å². The first-order chi connectivity index (χ1) is 18.3. The van der Waals surface area contributed by atoms with Gasteiger partial charge in [-0.15, -0.1) is 5.10 Å². The first kappa shape index (κ1) is 24.2. The second kappa shape index (κ2) is 9.52. The monoisotopic (exact) mass is 503 g/mol. The molecule has 2 aromatic heterocycles. The molecule has 0 atom stereocenters. The highest BCUT2D eigenvalue weighted by atomic mass is 16.3. The maximum Gasteiger partial charge on any atom is 0.282 e. The Balaban J connectivity index is 1.61. The van der Waals surface area contributed by atoms with Crippen molar-refractivity contribution < 1.29 is 9.90 Å². The number of nitrogens with zero attached hydrogens (tertiary/aromatic N) is 4. The van der Waals surface area contributed by atoms with Gasteiger partial charge in [-0.1, -0.05) is 48.6 Å². The van der Waals surface area contributed by atoms with Crippen molar-refractivity contribution in [2.75, 3.05) is 5.01 Å². The Bertz CT molecular complexity index is 1920. The summed E-state index contributed by atoms with van der Waals surface area (Å²) in [6, 6.07) is 17.4. The molecule has 9 nitrogen and oxygen atoms in total. The summed E-state index contributed by atoms with van der Waals surface area (Å²) in [6.07, 6.45) is 4.50. The largest absolute Gasteiger partial charge is 0.502 e. The van der Waals surface area contributed by atoms with E-state index in [1.54, 1.807) is 68.4 Å². The van der Waals surface area contributed by atoms with Crippen LogP contribution in [0.25, 0.3) is 22.7 Å². The number of rotatable bonds is 4. The highest BCUT2D eigenvalue weighted by molar-refractivity contribution is 6.07. The summed E-state index contributed by atoms with van der Waals surface area (Å²) in [4.78, 5) is 45.4. The van der Waals surface area contributed by atoms with Gasteiger partial charge in [0.2, 0.25) is 11.6 Å². The standard InChI is InChI=1S/C29H21N5O4/c1-17-21(26(35)31-25-23(17)28(37)34(32-25)20-13-8-5-9-14-20)15-10-16-22-18(2)24(30-3)29(38)33(27(22)36)19-11-6-4-7-12-19/h4-16,38H,1-2H3,(H,31,32,35). The predicted octanol–water partition coefficient (Wildman–Crippen LogP) is 3.09. The highest BCUT2D eigenvalue weighted by Crippen LogP contribution is 2.32. The van der Waals surface area contributed by atoms with E-state index >= 15 is 0 Å². The molecule has 186 valence electrons. The molecular formula is C29H21N5O4. The van der Waals surface area contributed by atoms with Crippen LogP contribution in [-0.4, -0.2) is 20.6 Å². The number of benzene rings is 2. The van der Waals surface area contributed by atoms with E-state index in [1.807, 2.05) is 6.07 Å². The van der Waals surface area contributed by atoms with Gasteiger partial charge in [-0.3, -0.25) is 19.0 Å². The number of nitrogens with one attached hydrogen (secondary N) is 1. The molecule has 3 heterocycles. The number of hydrogen-bond acceptors (Lipinski definition) is 5. The van der Waals surface area contributed by atoms with E-state index in [1.165, 1.54) is 23.2 Å². The van der Waals surface area contributed by atoms with Gasteiger partial charge < -0.3 is 10.1 Å². The van der Waals surface area contributed by atoms with E-state index in [4.69, 9.17) is 6.57 Å². The molecule has 9 heteroatoms. The topological polar surface area (TPSA) is 112 Å². The van der Waals surface area contributed by atoms with Gasteiger partial charge in [0.05, 0.1) is 23.5 Å². The van der Waals surface area contributed by atoms with Crippen molar-refractivity contribution in [2.45, 2.75) is 13.8 Å². The Labute approximate surface area is 216 Å². The fraction of sp³-hybridized carbons (Fsp3) is 0.0690. The summed E-state index contributed by atoms with van der Waals surface area (Å²) < 4.78 is 1.08. The molecule has 5 rings (SSSR count). The quantitative estimate of drug-likeness (QED) is 0.417. The van der Waals surface area contributed by atoms with Crippen LogP contribution in [0, 0.1) is 20.4 Å². The zero-order chi connectivity index (χ0) is 27.0. The molecule has 0 aliphatic carbocycles. The normalized spacial score (nSPS) is 13.0. The van der Waals surface area contributed by atoms with Crippen molar-refractivity contribution in [2.24, 2.45) is 5.10 Å². The molecule has 2 aromatic carbocycles. The van der Waals surface area contributed by atoms with Gasteiger partial charge in [-0.05, 0) is 55.3 Å². The molecule has 0 unspecified atom stereocenters. The fourth-order valence-electron chi connectivity index (χ4n) is 4.42. The summed E-state index contributed by atoms with van der Waals surface area (Å²) in [5, 5.41) is 16.4. The molecule has 1 amide bonds. The molecule has 0 fully saturated rings. The first-order valence-electron chi connectivity index (χ1n) is 11.6. The Morgan fingerprint density at radius 3 is 2.21 bits per heavy atom. The average Bonchev–Trinajstić information content (AvgIpc) is 3.25. The predicted molar refractivity (Wildman–Crippen MR) is 144 cm³/mol. The van der Waals surface area contributed by atoms with Crippen LogP contribution in [0.5, 0.6) is 5.88 Å². The summed E-state index contributed by atoms with van der Waals surface area (Å²) >= 11 is 0. The smallest absolute Gasteiger partial charge is 0.282 e. The zero-order valence-corrected chi connectivity index (χ0v) is 20.5. The Hall–Kier alpha value is -5.49. The molecule has 0 radical (unpaired) electrons. The lowest BCUT2D eigenvalue weighted by Crippen LogP contribution is -2.38.